The Bertz CT molecular complexity index is 648. The highest BCUT2D eigenvalue weighted by Crippen LogP contribution is 2.26. The molecule has 2 heterocycles. The molecule has 1 amide bonds. The SMILES string of the molecule is Cc1csc(-c2cccc(NC(=O)C(C)C3CNC3)c2)n1. The molecule has 0 radical (unpaired) electrons. The molecule has 110 valence electrons. The third-order valence-electron chi connectivity index (χ3n) is 3.93. The van der Waals surface area contributed by atoms with Crippen molar-refractivity contribution in [1.82, 2.24) is 10.3 Å². The quantitative estimate of drug-likeness (QED) is 0.913. The first kappa shape index (κ1) is 14.2. The highest BCUT2D eigenvalue weighted by molar-refractivity contribution is 7.13. The number of amides is 1. The summed E-state index contributed by atoms with van der Waals surface area (Å²) in [6.45, 7) is 5.86. The van der Waals surface area contributed by atoms with Gasteiger partial charge >= 0.3 is 0 Å². The van der Waals surface area contributed by atoms with E-state index in [1.165, 1.54) is 0 Å². The van der Waals surface area contributed by atoms with E-state index in [1.807, 2.05) is 43.5 Å². The average Bonchev–Trinajstić information content (AvgIpc) is 2.84. The molecule has 1 aliphatic heterocycles. The number of thiazole rings is 1. The van der Waals surface area contributed by atoms with Crippen molar-refractivity contribution in [3.8, 4) is 10.6 Å². The molecular formula is C16H19N3OS. The Morgan fingerprint density at radius 3 is 2.90 bits per heavy atom. The van der Waals surface area contributed by atoms with Crippen LogP contribution in [-0.2, 0) is 4.79 Å². The van der Waals surface area contributed by atoms with Crippen LogP contribution in [0.3, 0.4) is 0 Å². The number of carbonyl (C=O) groups excluding carboxylic acids is 1. The molecule has 1 saturated heterocycles. The number of hydrogen-bond donors (Lipinski definition) is 2. The van der Waals surface area contributed by atoms with Crippen LogP contribution in [0.2, 0.25) is 0 Å². The molecule has 1 aromatic carbocycles. The van der Waals surface area contributed by atoms with Crippen molar-refractivity contribution in [1.29, 1.82) is 0 Å². The summed E-state index contributed by atoms with van der Waals surface area (Å²) >= 11 is 1.62. The summed E-state index contributed by atoms with van der Waals surface area (Å²) in [7, 11) is 0. The summed E-state index contributed by atoms with van der Waals surface area (Å²) in [4.78, 5) is 16.7. The second-order valence-corrected chi connectivity index (χ2v) is 6.43. The normalized spacial score (nSPS) is 16.3. The summed E-state index contributed by atoms with van der Waals surface area (Å²) in [6, 6.07) is 7.89. The zero-order valence-corrected chi connectivity index (χ0v) is 13.0. The smallest absolute Gasteiger partial charge is 0.227 e. The van der Waals surface area contributed by atoms with Gasteiger partial charge in [-0.3, -0.25) is 4.79 Å². The molecule has 0 saturated carbocycles. The Morgan fingerprint density at radius 2 is 2.29 bits per heavy atom. The summed E-state index contributed by atoms with van der Waals surface area (Å²) in [6.07, 6.45) is 0. The first-order valence-corrected chi connectivity index (χ1v) is 8.05. The van der Waals surface area contributed by atoms with Gasteiger partial charge in [-0.15, -0.1) is 11.3 Å². The standard InChI is InChI=1S/C16H19N3OS/c1-10-9-21-16(18-10)12-4-3-5-14(6-12)19-15(20)11(2)13-7-17-8-13/h3-6,9,11,13,17H,7-8H2,1-2H3,(H,19,20). The highest BCUT2D eigenvalue weighted by atomic mass is 32.1. The Kier molecular flexibility index (Phi) is 4.03. The number of carbonyl (C=O) groups is 1. The molecule has 5 heteroatoms. The van der Waals surface area contributed by atoms with Crippen LogP contribution >= 0.6 is 11.3 Å². The number of anilines is 1. The molecule has 4 nitrogen and oxygen atoms in total. The van der Waals surface area contributed by atoms with Crippen molar-refractivity contribution in [2.45, 2.75) is 13.8 Å². The van der Waals surface area contributed by atoms with E-state index in [9.17, 15) is 4.79 Å². The second kappa shape index (κ2) is 5.95. The third kappa shape index (κ3) is 3.14. The van der Waals surface area contributed by atoms with Crippen LogP contribution in [0.15, 0.2) is 29.6 Å². The number of benzene rings is 1. The summed E-state index contributed by atoms with van der Waals surface area (Å²) in [5.41, 5.74) is 2.91. The van der Waals surface area contributed by atoms with Crippen LogP contribution < -0.4 is 10.6 Å². The van der Waals surface area contributed by atoms with Crippen molar-refractivity contribution >= 4 is 22.9 Å². The van der Waals surface area contributed by atoms with Gasteiger partial charge in [-0.1, -0.05) is 19.1 Å². The van der Waals surface area contributed by atoms with Crippen LogP contribution in [0.1, 0.15) is 12.6 Å². The molecule has 1 aromatic heterocycles. The molecule has 1 fully saturated rings. The van der Waals surface area contributed by atoms with Crippen LogP contribution in [0.4, 0.5) is 5.69 Å². The lowest BCUT2D eigenvalue weighted by Crippen LogP contribution is -2.48. The molecule has 2 aromatic rings. The van der Waals surface area contributed by atoms with Gasteiger partial charge in [0, 0.05) is 28.2 Å². The van der Waals surface area contributed by atoms with Crippen molar-refractivity contribution in [3.63, 3.8) is 0 Å². The van der Waals surface area contributed by atoms with E-state index < -0.39 is 0 Å². The van der Waals surface area contributed by atoms with E-state index in [1.54, 1.807) is 11.3 Å². The zero-order valence-electron chi connectivity index (χ0n) is 12.2. The largest absolute Gasteiger partial charge is 0.326 e. The average molecular weight is 301 g/mol. The molecule has 21 heavy (non-hydrogen) atoms. The van der Waals surface area contributed by atoms with Gasteiger partial charge in [0.2, 0.25) is 5.91 Å². The molecule has 1 unspecified atom stereocenters. The zero-order chi connectivity index (χ0) is 14.8. The van der Waals surface area contributed by atoms with Crippen molar-refractivity contribution < 1.29 is 4.79 Å². The van der Waals surface area contributed by atoms with Gasteiger partial charge in [0.1, 0.15) is 5.01 Å². The predicted molar refractivity (Wildman–Crippen MR) is 86.4 cm³/mol. The van der Waals surface area contributed by atoms with E-state index >= 15 is 0 Å². The van der Waals surface area contributed by atoms with Gasteiger partial charge in [0.15, 0.2) is 0 Å². The molecule has 3 rings (SSSR count). The van der Waals surface area contributed by atoms with Crippen LogP contribution in [0.5, 0.6) is 0 Å². The van der Waals surface area contributed by atoms with E-state index in [-0.39, 0.29) is 11.8 Å². The molecular weight excluding hydrogens is 282 g/mol. The molecule has 0 aliphatic carbocycles. The second-order valence-electron chi connectivity index (χ2n) is 5.57. The number of rotatable bonds is 4. The van der Waals surface area contributed by atoms with E-state index in [4.69, 9.17) is 0 Å². The van der Waals surface area contributed by atoms with Gasteiger partial charge in [-0.25, -0.2) is 4.98 Å². The Labute approximate surface area is 128 Å². The summed E-state index contributed by atoms with van der Waals surface area (Å²) < 4.78 is 0. The lowest BCUT2D eigenvalue weighted by Gasteiger charge is -2.31. The first-order valence-electron chi connectivity index (χ1n) is 7.17. The van der Waals surface area contributed by atoms with Crippen molar-refractivity contribution in [2.75, 3.05) is 18.4 Å². The Morgan fingerprint density at radius 1 is 1.48 bits per heavy atom. The number of nitrogens with one attached hydrogen (secondary N) is 2. The molecule has 1 atom stereocenters. The van der Waals surface area contributed by atoms with Crippen LogP contribution in [0, 0.1) is 18.8 Å². The molecule has 2 N–H and O–H groups in total. The van der Waals surface area contributed by atoms with Gasteiger partial charge in [0.25, 0.3) is 0 Å². The van der Waals surface area contributed by atoms with Gasteiger partial charge < -0.3 is 10.6 Å². The maximum Gasteiger partial charge on any atom is 0.227 e. The van der Waals surface area contributed by atoms with Crippen molar-refractivity contribution in [2.24, 2.45) is 11.8 Å². The van der Waals surface area contributed by atoms with Gasteiger partial charge in [0.05, 0.1) is 0 Å². The lowest BCUT2D eigenvalue weighted by atomic mass is 9.88. The number of aromatic nitrogens is 1. The fourth-order valence-electron chi connectivity index (χ4n) is 2.35. The van der Waals surface area contributed by atoms with Crippen molar-refractivity contribution in [3.05, 3.63) is 35.3 Å². The minimum absolute atomic E-state index is 0.0389. The first-order chi connectivity index (χ1) is 10.1. The minimum Gasteiger partial charge on any atom is -0.326 e. The molecule has 1 aliphatic rings. The topological polar surface area (TPSA) is 54.0 Å². The number of hydrogen-bond acceptors (Lipinski definition) is 4. The predicted octanol–water partition coefficient (Wildman–Crippen LogP) is 2.91. The molecule has 0 spiro atoms. The van der Waals surface area contributed by atoms with Crippen LogP contribution in [-0.4, -0.2) is 24.0 Å². The Balaban J connectivity index is 1.72. The number of nitrogens with zero attached hydrogens (tertiary/aromatic N) is 1. The lowest BCUT2D eigenvalue weighted by molar-refractivity contribution is -0.121. The highest BCUT2D eigenvalue weighted by Gasteiger charge is 2.28. The fourth-order valence-corrected chi connectivity index (χ4v) is 3.15. The maximum atomic E-state index is 12.2. The number of aryl methyl sites for hydroxylation is 1. The summed E-state index contributed by atoms with van der Waals surface area (Å²) in [5.74, 6) is 0.584. The minimum atomic E-state index is 0.0389. The molecule has 0 bridgehead atoms. The van der Waals surface area contributed by atoms with E-state index in [0.717, 1.165) is 35.0 Å². The maximum absolute atomic E-state index is 12.2. The summed E-state index contributed by atoms with van der Waals surface area (Å²) in [5, 5.41) is 9.24. The van der Waals surface area contributed by atoms with Gasteiger partial charge in [-0.2, -0.15) is 0 Å². The third-order valence-corrected chi connectivity index (χ3v) is 4.94. The Hall–Kier alpha value is -1.72. The van der Waals surface area contributed by atoms with E-state index in [2.05, 4.69) is 15.6 Å². The fraction of sp³-hybridized carbons (Fsp3) is 0.375. The van der Waals surface area contributed by atoms with Gasteiger partial charge in [-0.05, 0) is 38.1 Å². The monoisotopic (exact) mass is 301 g/mol. The van der Waals surface area contributed by atoms with E-state index in [0.29, 0.717) is 5.92 Å². The van der Waals surface area contributed by atoms with Crippen LogP contribution in [0.25, 0.3) is 10.6 Å².